The van der Waals surface area contributed by atoms with Crippen molar-refractivity contribution in [3.8, 4) is 6.07 Å². The minimum absolute atomic E-state index is 0.226. The minimum Gasteiger partial charge on any atom is -0.291 e. The minimum atomic E-state index is -4.66. The Morgan fingerprint density at radius 1 is 1.50 bits per heavy atom. The first-order chi connectivity index (χ1) is 6.49. The first-order valence-corrected chi connectivity index (χ1v) is 3.36. The van der Waals surface area contributed by atoms with Gasteiger partial charge in [0.05, 0.1) is 17.4 Å². The van der Waals surface area contributed by atoms with Crippen LogP contribution in [0.3, 0.4) is 0 Å². The molecule has 0 saturated heterocycles. The largest absolute Gasteiger partial charge is 0.419 e. The number of pyridine rings is 1. The van der Waals surface area contributed by atoms with Crippen molar-refractivity contribution in [2.24, 2.45) is 0 Å². The quantitative estimate of drug-likeness (QED) is 0.682. The van der Waals surface area contributed by atoms with Crippen LogP contribution in [0.2, 0.25) is 0 Å². The predicted octanol–water partition coefficient (Wildman–Crippen LogP) is 1.77. The third kappa shape index (κ3) is 1.92. The van der Waals surface area contributed by atoms with Crippen molar-refractivity contribution in [3.63, 3.8) is 0 Å². The molecule has 0 aliphatic heterocycles. The molecule has 0 aliphatic carbocycles. The summed E-state index contributed by atoms with van der Waals surface area (Å²) in [6.07, 6.45) is -3.74. The second-order valence-corrected chi connectivity index (χ2v) is 2.34. The molecule has 1 aromatic rings. The van der Waals surface area contributed by atoms with Crippen molar-refractivity contribution in [2.45, 2.75) is 6.18 Å². The van der Waals surface area contributed by atoms with Crippen LogP contribution in [-0.2, 0) is 6.18 Å². The fraction of sp³-hybridized carbons (Fsp3) is 0.143. The fourth-order valence-electron chi connectivity index (χ4n) is 0.831. The van der Waals surface area contributed by atoms with E-state index in [1.165, 1.54) is 11.5 Å². The van der Waals surface area contributed by atoms with Crippen molar-refractivity contribution >= 4 is 5.69 Å². The third-order valence-corrected chi connectivity index (χ3v) is 1.43. The molecule has 0 spiro atoms. The highest BCUT2D eigenvalue weighted by atomic mass is 19.4. The second-order valence-electron chi connectivity index (χ2n) is 2.34. The van der Waals surface area contributed by atoms with Gasteiger partial charge in [0.1, 0.15) is 6.07 Å². The number of nitrogens with one attached hydrogen (secondary N) is 1. The van der Waals surface area contributed by atoms with E-state index in [-0.39, 0.29) is 5.69 Å². The maximum atomic E-state index is 12.3. The standard InChI is InChI=1S/C7H4F3N3O/c8-7(9,10)5-1-4(13-14)3-12-6(5)2-11/h1,3,13-14H. The third-order valence-electron chi connectivity index (χ3n) is 1.43. The maximum Gasteiger partial charge on any atom is 0.419 e. The van der Waals surface area contributed by atoms with Gasteiger partial charge in [0.25, 0.3) is 0 Å². The van der Waals surface area contributed by atoms with Gasteiger partial charge < -0.3 is 0 Å². The first-order valence-electron chi connectivity index (χ1n) is 3.36. The molecule has 0 atom stereocenters. The van der Waals surface area contributed by atoms with Crippen LogP contribution in [0.5, 0.6) is 0 Å². The van der Waals surface area contributed by atoms with E-state index in [9.17, 15) is 13.2 Å². The monoisotopic (exact) mass is 203 g/mol. The van der Waals surface area contributed by atoms with Gasteiger partial charge in [-0.15, -0.1) is 0 Å². The summed E-state index contributed by atoms with van der Waals surface area (Å²) in [5.74, 6) is 0. The molecule has 14 heavy (non-hydrogen) atoms. The van der Waals surface area contributed by atoms with Gasteiger partial charge in [-0.25, -0.2) is 4.98 Å². The number of aromatic nitrogens is 1. The number of halogens is 3. The molecule has 4 nitrogen and oxygen atoms in total. The summed E-state index contributed by atoms with van der Waals surface area (Å²) in [5.41, 5.74) is -0.614. The van der Waals surface area contributed by atoms with E-state index in [2.05, 4.69) is 4.98 Å². The lowest BCUT2D eigenvalue weighted by Gasteiger charge is -2.08. The summed E-state index contributed by atoms with van der Waals surface area (Å²) in [7, 11) is 0. The van der Waals surface area contributed by atoms with Gasteiger partial charge >= 0.3 is 6.18 Å². The summed E-state index contributed by atoms with van der Waals surface area (Å²) in [6, 6.07) is 1.92. The summed E-state index contributed by atoms with van der Waals surface area (Å²) in [5, 5.41) is 16.7. The fourth-order valence-corrected chi connectivity index (χ4v) is 0.831. The Morgan fingerprint density at radius 3 is 2.57 bits per heavy atom. The molecule has 74 valence electrons. The Bertz CT molecular complexity index is 383. The van der Waals surface area contributed by atoms with Gasteiger partial charge in [0.2, 0.25) is 0 Å². The highest BCUT2D eigenvalue weighted by Crippen LogP contribution is 2.32. The smallest absolute Gasteiger partial charge is 0.291 e. The number of nitriles is 1. The van der Waals surface area contributed by atoms with Crippen LogP contribution in [0, 0.1) is 11.3 Å². The first kappa shape index (κ1) is 10.3. The van der Waals surface area contributed by atoms with Gasteiger partial charge in [0, 0.05) is 0 Å². The van der Waals surface area contributed by atoms with Gasteiger partial charge in [-0.05, 0) is 6.07 Å². The average Bonchev–Trinajstić information content (AvgIpc) is 2.15. The zero-order chi connectivity index (χ0) is 10.8. The Kier molecular flexibility index (Phi) is 2.58. The lowest BCUT2D eigenvalue weighted by molar-refractivity contribution is -0.138. The van der Waals surface area contributed by atoms with E-state index >= 15 is 0 Å². The number of rotatable bonds is 1. The van der Waals surface area contributed by atoms with E-state index in [4.69, 9.17) is 10.5 Å². The molecule has 0 aliphatic rings. The van der Waals surface area contributed by atoms with E-state index < -0.39 is 17.4 Å². The molecule has 1 rings (SSSR count). The van der Waals surface area contributed by atoms with Gasteiger partial charge in [-0.2, -0.15) is 18.4 Å². The van der Waals surface area contributed by atoms with Gasteiger partial charge in [-0.1, -0.05) is 0 Å². The molecule has 0 bridgehead atoms. The van der Waals surface area contributed by atoms with Crippen LogP contribution >= 0.6 is 0 Å². The molecule has 7 heteroatoms. The number of hydrogen-bond acceptors (Lipinski definition) is 4. The SMILES string of the molecule is N#Cc1ncc(NO)cc1C(F)(F)F. The zero-order valence-electron chi connectivity index (χ0n) is 6.63. The second kappa shape index (κ2) is 3.51. The Labute approximate surface area is 76.6 Å². The molecular formula is C7H4F3N3O. The van der Waals surface area contributed by atoms with Crippen LogP contribution in [0.4, 0.5) is 18.9 Å². The van der Waals surface area contributed by atoms with Crippen molar-refractivity contribution in [1.82, 2.24) is 4.98 Å². The Balaban J connectivity index is 3.31. The molecule has 1 aromatic heterocycles. The molecular weight excluding hydrogens is 199 g/mol. The van der Waals surface area contributed by atoms with Gasteiger partial charge in [-0.3, -0.25) is 10.7 Å². The number of alkyl halides is 3. The van der Waals surface area contributed by atoms with Crippen LogP contribution in [-0.4, -0.2) is 10.2 Å². The van der Waals surface area contributed by atoms with E-state index in [0.29, 0.717) is 6.07 Å². The molecule has 0 unspecified atom stereocenters. The van der Waals surface area contributed by atoms with Crippen molar-refractivity contribution in [2.75, 3.05) is 5.48 Å². The summed E-state index contributed by atoms with van der Waals surface area (Å²) in [6.45, 7) is 0. The van der Waals surface area contributed by atoms with Crippen molar-refractivity contribution in [1.29, 1.82) is 5.26 Å². The molecule has 2 N–H and O–H groups in total. The predicted molar refractivity (Wildman–Crippen MR) is 39.4 cm³/mol. The van der Waals surface area contributed by atoms with Gasteiger partial charge in [0.15, 0.2) is 5.69 Å². The van der Waals surface area contributed by atoms with Crippen molar-refractivity contribution < 1.29 is 18.4 Å². The molecule has 0 radical (unpaired) electrons. The highest BCUT2D eigenvalue weighted by Gasteiger charge is 2.34. The van der Waals surface area contributed by atoms with E-state index in [0.717, 1.165) is 6.20 Å². The Morgan fingerprint density at radius 2 is 2.14 bits per heavy atom. The van der Waals surface area contributed by atoms with E-state index in [1.54, 1.807) is 0 Å². The molecule has 0 fully saturated rings. The number of nitrogens with zero attached hydrogens (tertiary/aromatic N) is 2. The van der Waals surface area contributed by atoms with Crippen LogP contribution in [0.15, 0.2) is 12.3 Å². The van der Waals surface area contributed by atoms with Crippen LogP contribution in [0.25, 0.3) is 0 Å². The molecule has 0 amide bonds. The van der Waals surface area contributed by atoms with E-state index in [1.807, 2.05) is 0 Å². The zero-order valence-corrected chi connectivity index (χ0v) is 6.63. The summed E-state index contributed by atoms with van der Waals surface area (Å²) < 4.78 is 36.8. The summed E-state index contributed by atoms with van der Waals surface area (Å²) in [4.78, 5) is 3.23. The van der Waals surface area contributed by atoms with Crippen LogP contribution < -0.4 is 5.48 Å². The topological polar surface area (TPSA) is 68.9 Å². The highest BCUT2D eigenvalue weighted by molar-refractivity contribution is 5.46. The van der Waals surface area contributed by atoms with Crippen LogP contribution in [0.1, 0.15) is 11.3 Å². The lowest BCUT2D eigenvalue weighted by atomic mass is 10.2. The summed E-state index contributed by atoms with van der Waals surface area (Å²) >= 11 is 0. The Hall–Kier alpha value is -1.81. The van der Waals surface area contributed by atoms with Crippen molar-refractivity contribution in [3.05, 3.63) is 23.5 Å². The normalized spacial score (nSPS) is 10.8. The molecule has 0 saturated carbocycles. The average molecular weight is 203 g/mol. The number of hydrogen-bond donors (Lipinski definition) is 2. The number of anilines is 1. The molecule has 1 heterocycles. The maximum absolute atomic E-state index is 12.3. The lowest BCUT2D eigenvalue weighted by Crippen LogP contribution is -2.10. The molecule has 0 aromatic carbocycles.